The molecule has 2 aromatic rings. The summed E-state index contributed by atoms with van der Waals surface area (Å²) in [5.74, 6) is -0.495. The molecule has 0 radical (unpaired) electrons. The van der Waals surface area contributed by atoms with Crippen LogP contribution in [-0.4, -0.2) is 15.0 Å². The highest BCUT2D eigenvalue weighted by Gasteiger charge is 2.10. The SMILES string of the molecule is O=S(=O)(Cc1ccc(F)cc1)NCCCc1ccccc1. The molecule has 0 amide bonds. The van der Waals surface area contributed by atoms with Gasteiger partial charge in [-0.25, -0.2) is 17.5 Å². The van der Waals surface area contributed by atoms with E-state index in [0.29, 0.717) is 12.1 Å². The molecule has 0 saturated heterocycles. The first-order valence-electron chi connectivity index (χ1n) is 6.81. The number of halogens is 1. The molecule has 0 aliphatic rings. The number of hydrogen-bond donors (Lipinski definition) is 1. The molecule has 0 unspecified atom stereocenters. The van der Waals surface area contributed by atoms with Crippen LogP contribution in [0.2, 0.25) is 0 Å². The number of sulfonamides is 1. The molecule has 3 nitrogen and oxygen atoms in total. The Morgan fingerprint density at radius 1 is 0.905 bits per heavy atom. The first-order chi connectivity index (χ1) is 10.1. The zero-order valence-electron chi connectivity index (χ0n) is 11.6. The lowest BCUT2D eigenvalue weighted by Crippen LogP contribution is -2.26. The summed E-state index contributed by atoms with van der Waals surface area (Å²) in [7, 11) is -3.37. The maximum atomic E-state index is 12.8. The van der Waals surface area contributed by atoms with E-state index in [-0.39, 0.29) is 11.6 Å². The molecular formula is C16H18FNO2S. The van der Waals surface area contributed by atoms with Gasteiger partial charge in [-0.3, -0.25) is 0 Å². The van der Waals surface area contributed by atoms with E-state index in [2.05, 4.69) is 4.72 Å². The second-order valence-corrected chi connectivity index (χ2v) is 6.68. The van der Waals surface area contributed by atoms with Crippen LogP contribution in [0.1, 0.15) is 17.5 Å². The van der Waals surface area contributed by atoms with Crippen LogP contribution >= 0.6 is 0 Å². The van der Waals surface area contributed by atoms with Gasteiger partial charge in [0.1, 0.15) is 5.82 Å². The summed E-state index contributed by atoms with van der Waals surface area (Å²) in [5, 5.41) is 0. The fourth-order valence-corrected chi connectivity index (χ4v) is 3.20. The maximum Gasteiger partial charge on any atom is 0.215 e. The molecule has 0 heterocycles. The predicted molar refractivity (Wildman–Crippen MR) is 81.8 cm³/mol. The number of nitrogens with one attached hydrogen (secondary N) is 1. The van der Waals surface area contributed by atoms with Gasteiger partial charge in [0, 0.05) is 6.54 Å². The second-order valence-electron chi connectivity index (χ2n) is 4.87. The summed E-state index contributed by atoms with van der Waals surface area (Å²) in [6.07, 6.45) is 1.58. The number of aryl methyl sites for hydroxylation is 1. The Morgan fingerprint density at radius 3 is 2.24 bits per heavy atom. The van der Waals surface area contributed by atoms with Gasteiger partial charge in [-0.2, -0.15) is 0 Å². The fraction of sp³-hybridized carbons (Fsp3) is 0.250. The highest BCUT2D eigenvalue weighted by molar-refractivity contribution is 7.88. The smallest absolute Gasteiger partial charge is 0.215 e. The lowest BCUT2D eigenvalue weighted by molar-refractivity contribution is 0.578. The maximum absolute atomic E-state index is 12.8. The Bertz CT molecular complexity index is 654. The van der Waals surface area contributed by atoms with Crippen LogP contribution in [0.4, 0.5) is 4.39 Å². The van der Waals surface area contributed by atoms with Crippen LogP contribution in [0.15, 0.2) is 54.6 Å². The summed E-state index contributed by atoms with van der Waals surface area (Å²) < 4.78 is 39.1. The molecule has 0 aliphatic heterocycles. The quantitative estimate of drug-likeness (QED) is 0.800. The predicted octanol–water partition coefficient (Wildman–Crippen LogP) is 2.88. The Kier molecular flexibility index (Phi) is 5.47. The van der Waals surface area contributed by atoms with Crippen molar-refractivity contribution < 1.29 is 12.8 Å². The monoisotopic (exact) mass is 307 g/mol. The first-order valence-corrected chi connectivity index (χ1v) is 8.46. The third-order valence-corrected chi connectivity index (χ3v) is 4.43. The van der Waals surface area contributed by atoms with Crippen LogP contribution in [0.5, 0.6) is 0 Å². The Hall–Kier alpha value is -1.72. The van der Waals surface area contributed by atoms with Crippen LogP contribution in [0.25, 0.3) is 0 Å². The van der Waals surface area contributed by atoms with Gasteiger partial charge in [0.15, 0.2) is 0 Å². The molecule has 2 aromatic carbocycles. The highest BCUT2D eigenvalue weighted by Crippen LogP contribution is 2.07. The molecule has 0 atom stereocenters. The lowest BCUT2D eigenvalue weighted by atomic mass is 10.1. The number of hydrogen-bond acceptors (Lipinski definition) is 2. The largest absolute Gasteiger partial charge is 0.215 e. The van der Waals surface area contributed by atoms with Gasteiger partial charge in [-0.15, -0.1) is 0 Å². The molecular weight excluding hydrogens is 289 g/mol. The van der Waals surface area contributed by atoms with E-state index >= 15 is 0 Å². The standard InChI is InChI=1S/C16H18FNO2S/c17-16-10-8-15(9-11-16)13-21(19,20)18-12-4-7-14-5-2-1-3-6-14/h1-3,5-6,8-11,18H,4,7,12-13H2. The zero-order chi connectivity index (χ0) is 15.1. The van der Waals surface area contributed by atoms with Gasteiger partial charge in [0.05, 0.1) is 5.75 Å². The van der Waals surface area contributed by atoms with E-state index < -0.39 is 10.0 Å². The number of benzene rings is 2. The van der Waals surface area contributed by atoms with Gasteiger partial charge in [-0.05, 0) is 36.1 Å². The van der Waals surface area contributed by atoms with E-state index in [0.717, 1.165) is 12.8 Å². The summed E-state index contributed by atoms with van der Waals surface area (Å²) in [4.78, 5) is 0. The number of rotatable bonds is 7. The third-order valence-electron chi connectivity index (χ3n) is 3.08. The van der Waals surface area contributed by atoms with Crippen LogP contribution in [-0.2, 0) is 22.2 Å². The van der Waals surface area contributed by atoms with Gasteiger partial charge < -0.3 is 0 Å². The topological polar surface area (TPSA) is 46.2 Å². The van der Waals surface area contributed by atoms with E-state index in [1.54, 1.807) is 0 Å². The minimum absolute atomic E-state index is 0.126. The minimum atomic E-state index is -3.37. The van der Waals surface area contributed by atoms with Gasteiger partial charge in [-0.1, -0.05) is 42.5 Å². The third kappa shape index (κ3) is 5.65. The van der Waals surface area contributed by atoms with Crippen molar-refractivity contribution >= 4 is 10.0 Å². The molecule has 0 aromatic heterocycles. The van der Waals surface area contributed by atoms with E-state index in [1.165, 1.54) is 29.8 Å². The Balaban J connectivity index is 1.77. The van der Waals surface area contributed by atoms with E-state index in [9.17, 15) is 12.8 Å². The summed E-state index contributed by atoms with van der Waals surface area (Å²) in [6.45, 7) is 0.401. The van der Waals surface area contributed by atoms with Gasteiger partial charge in [0.25, 0.3) is 0 Å². The van der Waals surface area contributed by atoms with Crippen molar-refractivity contribution in [2.75, 3.05) is 6.54 Å². The molecule has 0 saturated carbocycles. The van der Waals surface area contributed by atoms with Gasteiger partial charge in [0.2, 0.25) is 10.0 Å². The molecule has 2 rings (SSSR count). The van der Waals surface area contributed by atoms with Crippen molar-refractivity contribution in [3.05, 3.63) is 71.5 Å². The second kappa shape index (κ2) is 7.33. The minimum Gasteiger partial charge on any atom is -0.215 e. The van der Waals surface area contributed by atoms with E-state index in [4.69, 9.17) is 0 Å². The molecule has 21 heavy (non-hydrogen) atoms. The van der Waals surface area contributed by atoms with Crippen molar-refractivity contribution in [2.45, 2.75) is 18.6 Å². The van der Waals surface area contributed by atoms with E-state index in [1.807, 2.05) is 30.3 Å². The average molecular weight is 307 g/mol. The average Bonchev–Trinajstić information content (AvgIpc) is 2.47. The highest BCUT2D eigenvalue weighted by atomic mass is 32.2. The Morgan fingerprint density at radius 2 is 1.57 bits per heavy atom. The Labute approximate surface area is 124 Å². The molecule has 0 aliphatic carbocycles. The molecule has 112 valence electrons. The normalized spacial score (nSPS) is 11.5. The van der Waals surface area contributed by atoms with Crippen LogP contribution in [0.3, 0.4) is 0 Å². The van der Waals surface area contributed by atoms with Crippen molar-refractivity contribution in [3.8, 4) is 0 Å². The van der Waals surface area contributed by atoms with Crippen molar-refractivity contribution in [1.82, 2.24) is 4.72 Å². The lowest BCUT2D eigenvalue weighted by Gasteiger charge is -2.07. The molecule has 0 spiro atoms. The molecule has 5 heteroatoms. The van der Waals surface area contributed by atoms with Crippen LogP contribution < -0.4 is 4.72 Å². The summed E-state index contributed by atoms with van der Waals surface area (Å²) in [6, 6.07) is 15.4. The molecule has 0 fully saturated rings. The molecule has 1 N–H and O–H groups in total. The van der Waals surface area contributed by atoms with Crippen LogP contribution in [0, 0.1) is 5.82 Å². The van der Waals surface area contributed by atoms with Crippen molar-refractivity contribution in [2.24, 2.45) is 0 Å². The molecule has 0 bridgehead atoms. The zero-order valence-corrected chi connectivity index (χ0v) is 12.4. The van der Waals surface area contributed by atoms with Crippen molar-refractivity contribution in [1.29, 1.82) is 0 Å². The first kappa shape index (κ1) is 15.7. The summed E-state index contributed by atoms with van der Waals surface area (Å²) >= 11 is 0. The fourth-order valence-electron chi connectivity index (χ4n) is 2.02. The van der Waals surface area contributed by atoms with Crippen molar-refractivity contribution in [3.63, 3.8) is 0 Å². The summed E-state index contributed by atoms with van der Waals surface area (Å²) in [5.41, 5.74) is 1.77. The van der Waals surface area contributed by atoms with Gasteiger partial charge >= 0.3 is 0 Å².